The first-order chi connectivity index (χ1) is 11.9. The first kappa shape index (κ1) is 15.4. The number of nitrogens with one attached hydrogen (secondary N) is 2. The van der Waals surface area contributed by atoms with E-state index in [9.17, 15) is 0 Å². The fourth-order valence-electron chi connectivity index (χ4n) is 3.49. The summed E-state index contributed by atoms with van der Waals surface area (Å²) in [6, 6.07) is 13.0. The van der Waals surface area contributed by atoms with Crippen molar-refractivity contribution >= 4 is 11.0 Å². The molecular formula is C20H24N4. The Morgan fingerprint density at radius 2 is 1.88 bits per heavy atom. The topological polar surface area (TPSA) is 44.0 Å². The number of nitrogens with zero attached hydrogens (tertiary/aromatic N) is 2. The first-order valence-corrected chi connectivity index (χ1v) is 8.85. The van der Waals surface area contributed by atoms with Gasteiger partial charge in [-0.05, 0) is 54.8 Å². The summed E-state index contributed by atoms with van der Waals surface area (Å²) in [6.45, 7) is 5.71. The summed E-state index contributed by atoms with van der Waals surface area (Å²) < 4.78 is 0. The van der Waals surface area contributed by atoms with E-state index in [1.165, 1.54) is 54.6 Å². The summed E-state index contributed by atoms with van der Waals surface area (Å²) in [5.41, 5.74) is 4.75. The molecule has 1 saturated heterocycles. The van der Waals surface area contributed by atoms with Crippen LogP contribution in [0.2, 0.25) is 0 Å². The molecule has 0 aliphatic carbocycles. The molecular weight excluding hydrogens is 296 g/mol. The Morgan fingerprint density at radius 3 is 2.71 bits per heavy atom. The third kappa shape index (κ3) is 3.35. The van der Waals surface area contributed by atoms with Crippen LogP contribution in [-0.4, -0.2) is 41.0 Å². The third-order valence-electron chi connectivity index (χ3n) is 4.86. The van der Waals surface area contributed by atoms with Crippen LogP contribution in [0.5, 0.6) is 0 Å². The first-order valence-electron chi connectivity index (χ1n) is 8.85. The van der Waals surface area contributed by atoms with Crippen molar-refractivity contribution in [2.24, 2.45) is 0 Å². The zero-order valence-corrected chi connectivity index (χ0v) is 14.0. The van der Waals surface area contributed by atoms with E-state index < -0.39 is 0 Å². The molecule has 4 heteroatoms. The van der Waals surface area contributed by atoms with Crippen LogP contribution in [0.1, 0.15) is 18.4 Å². The van der Waals surface area contributed by atoms with Crippen molar-refractivity contribution in [3.8, 4) is 11.1 Å². The van der Waals surface area contributed by atoms with E-state index in [-0.39, 0.29) is 0 Å². The molecule has 0 atom stereocenters. The van der Waals surface area contributed by atoms with E-state index >= 15 is 0 Å². The summed E-state index contributed by atoms with van der Waals surface area (Å²) >= 11 is 0. The molecule has 3 aromatic rings. The lowest BCUT2D eigenvalue weighted by Crippen LogP contribution is -2.29. The van der Waals surface area contributed by atoms with Crippen molar-refractivity contribution < 1.29 is 0 Å². The Balaban J connectivity index is 1.37. The van der Waals surface area contributed by atoms with Crippen molar-refractivity contribution in [2.45, 2.75) is 19.4 Å². The Bertz CT molecular complexity index is 785. The van der Waals surface area contributed by atoms with E-state index in [1.807, 2.05) is 12.4 Å². The minimum atomic E-state index is 0.935. The molecule has 1 aromatic carbocycles. The van der Waals surface area contributed by atoms with Crippen LogP contribution in [-0.2, 0) is 6.54 Å². The second-order valence-corrected chi connectivity index (χ2v) is 6.52. The fraction of sp³-hybridized carbons (Fsp3) is 0.350. The number of hydrogen-bond acceptors (Lipinski definition) is 3. The van der Waals surface area contributed by atoms with Gasteiger partial charge in [-0.2, -0.15) is 0 Å². The Hall–Kier alpha value is -2.17. The molecule has 0 spiro atoms. The maximum absolute atomic E-state index is 4.36. The maximum Gasteiger partial charge on any atom is 0.137 e. The second kappa shape index (κ2) is 7.16. The summed E-state index contributed by atoms with van der Waals surface area (Å²) in [6.07, 6.45) is 6.54. The van der Waals surface area contributed by atoms with Gasteiger partial charge in [0.15, 0.2) is 0 Å². The molecule has 24 heavy (non-hydrogen) atoms. The van der Waals surface area contributed by atoms with E-state index in [1.54, 1.807) is 0 Å². The normalized spacial score (nSPS) is 15.3. The van der Waals surface area contributed by atoms with Crippen LogP contribution in [0.4, 0.5) is 0 Å². The lowest BCUT2D eigenvalue weighted by Gasteiger charge is -2.14. The van der Waals surface area contributed by atoms with Crippen LogP contribution in [0, 0.1) is 0 Å². The van der Waals surface area contributed by atoms with Gasteiger partial charge in [0.2, 0.25) is 0 Å². The number of aromatic amines is 1. The fourth-order valence-corrected chi connectivity index (χ4v) is 3.49. The van der Waals surface area contributed by atoms with Gasteiger partial charge in [0, 0.05) is 37.4 Å². The molecule has 0 saturated carbocycles. The molecule has 2 N–H and O–H groups in total. The number of aromatic nitrogens is 2. The lowest BCUT2D eigenvalue weighted by atomic mass is 10.0. The molecule has 1 aliphatic heterocycles. The average molecular weight is 320 g/mol. The molecule has 2 aromatic heterocycles. The largest absolute Gasteiger partial charge is 0.346 e. The van der Waals surface area contributed by atoms with E-state index in [2.05, 4.69) is 56.6 Å². The van der Waals surface area contributed by atoms with Crippen LogP contribution < -0.4 is 5.32 Å². The van der Waals surface area contributed by atoms with Gasteiger partial charge in [-0.1, -0.05) is 24.3 Å². The maximum atomic E-state index is 4.36. The highest BCUT2D eigenvalue weighted by Crippen LogP contribution is 2.27. The molecule has 0 radical (unpaired) electrons. The summed E-state index contributed by atoms with van der Waals surface area (Å²) in [7, 11) is 0. The van der Waals surface area contributed by atoms with Crippen molar-refractivity contribution in [1.29, 1.82) is 0 Å². The predicted octanol–water partition coefficient (Wildman–Crippen LogP) is 3.42. The summed E-state index contributed by atoms with van der Waals surface area (Å²) in [4.78, 5) is 10.1. The number of likely N-dealkylation sites (tertiary alicyclic amines) is 1. The molecule has 0 amide bonds. The molecule has 1 fully saturated rings. The highest BCUT2D eigenvalue weighted by Gasteiger charge is 2.10. The van der Waals surface area contributed by atoms with Gasteiger partial charge in [-0.3, -0.25) is 0 Å². The number of fused-ring (bicyclic) bond motifs is 1. The lowest BCUT2D eigenvalue weighted by molar-refractivity contribution is 0.335. The van der Waals surface area contributed by atoms with Gasteiger partial charge >= 0.3 is 0 Å². The molecule has 1 aliphatic rings. The predicted molar refractivity (Wildman–Crippen MR) is 98.9 cm³/mol. The molecule has 124 valence electrons. The molecule has 0 unspecified atom stereocenters. The van der Waals surface area contributed by atoms with Gasteiger partial charge < -0.3 is 15.2 Å². The second-order valence-electron chi connectivity index (χ2n) is 6.52. The van der Waals surface area contributed by atoms with Gasteiger partial charge in [-0.25, -0.2) is 4.98 Å². The zero-order valence-electron chi connectivity index (χ0n) is 14.0. The van der Waals surface area contributed by atoms with Crippen molar-refractivity contribution in [2.75, 3.05) is 26.2 Å². The molecule has 3 heterocycles. The van der Waals surface area contributed by atoms with Gasteiger partial charge in [0.05, 0.1) is 0 Å². The number of H-pyrrole nitrogens is 1. The van der Waals surface area contributed by atoms with Crippen LogP contribution in [0.15, 0.2) is 48.8 Å². The summed E-state index contributed by atoms with van der Waals surface area (Å²) in [5, 5.41) is 4.73. The minimum Gasteiger partial charge on any atom is -0.346 e. The van der Waals surface area contributed by atoms with E-state index in [0.29, 0.717) is 0 Å². The highest BCUT2D eigenvalue weighted by atomic mass is 15.1. The molecule has 0 bridgehead atoms. The highest BCUT2D eigenvalue weighted by molar-refractivity contribution is 5.92. The number of pyridine rings is 1. The standard InChI is InChI=1S/C20H24N4/c1-2-13-24(12-1)14-11-21-15-16-3-5-17(6-4-16)18-7-9-22-20-19(18)8-10-23-20/h3-10,21H,1-2,11-15H2,(H,22,23). The quantitative estimate of drug-likeness (QED) is 0.684. The van der Waals surface area contributed by atoms with Crippen LogP contribution >= 0.6 is 0 Å². The van der Waals surface area contributed by atoms with Gasteiger partial charge in [-0.15, -0.1) is 0 Å². The average Bonchev–Trinajstić information content (AvgIpc) is 3.30. The zero-order chi connectivity index (χ0) is 16.2. The van der Waals surface area contributed by atoms with Crippen LogP contribution in [0.3, 0.4) is 0 Å². The smallest absolute Gasteiger partial charge is 0.137 e. The monoisotopic (exact) mass is 320 g/mol. The number of rotatable bonds is 6. The van der Waals surface area contributed by atoms with Gasteiger partial charge in [0.25, 0.3) is 0 Å². The van der Waals surface area contributed by atoms with E-state index in [4.69, 9.17) is 0 Å². The van der Waals surface area contributed by atoms with Crippen molar-refractivity contribution in [1.82, 2.24) is 20.2 Å². The van der Waals surface area contributed by atoms with E-state index in [0.717, 1.165) is 18.7 Å². The Morgan fingerprint density at radius 1 is 1.04 bits per heavy atom. The SMILES string of the molecule is c1cc(-c2ccc(CNCCN3CCCC3)cc2)c2cc[nH]c2n1. The van der Waals surface area contributed by atoms with Crippen molar-refractivity contribution in [3.63, 3.8) is 0 Å². The number of benzene rings is 1. The molecule has 4 nitrogen and oxygen atoms in total. The third-order valence-corrected chi connectivity index (χ3v) is 4.86. The van der Waals surface area contributed by atoms with Crippen LogP contribution in [0.25, 0.3) is 22.2 Å². The number of hydrogen-bond donors (Lipinski definition) is 2. The molecule has 4 rings (SSSR count). The Kier molecular flexibility index (Phi) is 4.58. The minimum absolute atomic E-state index is 0.935. The van der Waals surface area contributed by atoms with Gasteiger partial charge in [0.1, 0.15) is 5.65 Å². The van der Waals surface area contributed by atoms with Crippen molar-refractivity contribution in [3.05, 3.63) is 54.4 Å². The summed E-state index contributed by atoms with van der Waals surface area (Å²) in [5.74, 6) is 0. The Labute approximate surface area is 142 Å².